The second-order valence-corrected chi connectivity index (χ2v) is 5.46. The van der Waals surface area contributed by atoms with Crippen molar-refractivity contribution in [1.29, 1.82) is 0 Å². The van der Waals surface area contributed by atoms with Gasteiger partial charge < -0.3 is 19.1 Å². The molecule has 0 unspecified atom stereocenters. The Labute approximate surface area is 148 Å². The third-order valence-corrected chi connectivity index (χ3v) is 3.81. The van der Waals surface area contributed by atoms with Crippen molar-refractivity contribution in [2.24, 2.45) is 0 Å². The van der Waals surface area contributed by atoms with Crippen LogP contribution >= 0.6 is 0 Å². The van der Waals surface area contributed by atoms with Gasteiger partial charge >= 0.3 is 0 Å². The van der Waals surface area contributed by atoms with Crippen LogP contribution in [-0.2, 0) is 6.42 Å². The molecule has 0 aliphatic heterocycles. The molecule has 1 aromatic heterocycles. The summed E-state index contributed by atoms with van der Waals surface area (Å²) in [5.41, 5.74) is 1.53. The lowest BCUT2D eigenvalue weighted by Crippen LogP contribution is -2.29. The van der Waals surface area contributed by atoms with E-state index in [0.717, 1.165) is 5.56 Å². The SMILES string of the molecule is CCOc1ncccc1C(=O)N(C)CCc1ccc(OC)c(OC)c1. The number of hydrogen-bond acceptors (Lipinski definition) is 5. The number of ether oxygens (including phenoxy) is 3. The summed E-state index contributed by atoms with van der Waals surface area (Å²) < 4.78 is 16.0. The molecule has 6 heteroatoms. The van der Waals surface area contributed by atoms with Crippen LogP contribution in [0.1, 0.15) is 22.8 Å². The Morgan fingerprint density at radius 1 is 1.16 bits per heavy atom. The minimum Gasteiger partial charge on any atom is -0.493 e. The van der Waals surface area contributed by atoms with Crippen molar-refractivity contribution in [2.45, 2.75) is 13.3 Å². The van der Waals surface area contributed by atoms with Crippen molar-refractivity contribution in [3.63, 3.8) is 0 Å². The lowest BCUT2D eigenvalue weighted by atomic mass is 10.1. The van der Waals surface area contributed by atoms with Crippen LogP contribution in [0.5, 0.6) is 17.4 Å². The zero-order chi connectivity index (χ0) is 18.2. The molecule has 0 aliphatic carbocycles. The number of carbonyl (C=O) groups is 1. The number of pyridine rings is 1. The van der Waals surface area contributed by atoms with E-state index in [1.807, 2.05) is 25.1 Å². The number of methoxy groups -OCH3 is 2. The van der Waals surface area contributed by atoms with Crippen LogP contribution in [0.2, 0.25) is 0 Å². The van der Waals surface area contributed by atoms with Gasteiger partial charge in [-0.05, 0) is 43.2 Å². The predicted molar refractivity (Wildman–Crippen MR) is 95.6 cm³/mol. The first-order chi connectivity index (χ1) is 12.1. The molecule has 0 radical (unpaired) electrons. The lowest BCUT2D eigenvalue weighted by Gasteiger charge is -2.19. The molecule has 0 spiro atoms. The van der Waals surface area contributed by atoms with E-state index in [0.29, 0.717) is 42.5 Å². The monoisotopic (exact) mass is 344 g/mol. The Kier molecular flexibility index (Phi) is 6.62. The molecular weight excluding hydrogens is 320 g/mol. The Hall–Kier alpha value is -2.76. The highest BCUT2D eigenvalue weighted by Crippen LogP contribution is 2.27. The van der Waals surface area contributed by atoms with Gasteiger partial charge in [0.1, 0.15) is 5.56 Å². The first-order valence-corrected chi connectivity index (χ1v) is 8.14. The average Bonchev–Trinajstić information content (AvgIpc) is 2.65. The van der Waals surface area contributed by atoms with Crippen LogP contribution in [0.15, 0.2) is 36.5 Å². The van der Waals surface area contributed by atoms with Crippen molar-refractivity contribution >= 4 is 5.91 Å². The number of carbonyl (C=O) groups excluding carboxylic acids is 1. The van der Waals surface area contributed by atoms with E-state index in [2.05, 4.69) is 4.98 Å². The first-order valence-electron chi connectivity index (χ1n) is 8.14. The molecule has 0 N–H and O–H groups in total. The van der Waals surface area contributed by atoms with E-state index in [1.54, 1.807) is 44.5 Å². The van der Waals surface area contributed by atoms with Gasteiger partial charge in [-0.15, -0.1) is 0 Å². The molecule has 0 fully saturated rings. The third-order valence-electron chi connectivity index (χ3n) is 3.81. The Morgan fingerprint density at radius 3 is 2.60 bits per heavy atom. The van der Waals surface area contributed by atoms with Gasteiger partial charge in [-0.2, -0.15) is 0 Å². The maximum absolute atomic E-state index is 12.6. The minimum absolute atomic E-state index is 0.114. The van der Waals surface area contributed by atoms with Crippen molar-refractivity contribution in [3.05, 3.63) is 47.7 Å². The van der Waals surface area contributed by atoms with Crippen molar-refractivity contribution in [1.82, 2.24) is 9.88 Å². The second-order valence-electron chi connectivity index (χ2n) is 5.46. The van der Waals surface area contributed by atoms with Gasteiger partial charge in [0, 0.05) is 19.8 Å². The maximum atomic E-state index is 12.6. The molecule has 1 aromatic carbocycles. The number of nitrogens with zero attached hydrogens (tertiary/aromatic N) is 2. The fourth-order valence-corrected chi connectivity index (χ4v) is 2.45. The molecule has 1 amide bonds. The van der Waals surface area contributed by atoms with Crippen LogP contribution in [0, 0.1) is 0 Å². The molecule has 1 heterocycles. The summed E-state index contributed by atoms with van der Waals surface area (Å²) in [6, 6.07) is 9.22. The van der Waals surface area contributed by atoms with Crippen LogP contribution in [-0.4, -0.2) is 50.2 Å². The molecule has 6 nitrogen and oxygen atoms in total. The highest BCUT2D eigenvalue weighted by molar-refractivity contribution is 5.96. The summed E-state index contributed by atoms with van der Waals surface area (Å²) in [5, 5.41) is 0. The van der Waals surface area contributed by atoms with Crippen LogP contribution in [0.25, 0.3) is 0 Å². The van der Waals surface area contributed by atoms with Crippen molar-refractivity contribution in [3.8, 4) is 17.4 Å². The van der Waals surface area contributed by atoms with E-state index in [4.69, 9.17) is 14.2 Å². The highest BCUT2D eigenvalue weighted by atomic mass is 16.5. The first kappa shape index (κ1) is 18.6. The summed E-state index contributed by atoms with van der Waals surface area (Å²) in [7, 11) is 4.98. The summed E-state index contributed by atoms with van der Waals surface area (Å²) in [6.45, 7) is 2.89. The molecule has 0 aliphatic rings. The van der Waals surface area contributed by atoms with Gasteiger partial charge in [0.15, 0.2) is 11.5 Å². The predicted octanol–water partition coefficient (Wildman–Crippen LogP) is 2.81. The van der Waals surface area contributed by atoms with Crippen LogP contribution in [0.3, 0.4) is 0 Å². The number of likely N-dealkylation sites (N-methyl/N-ethyl adjacent to an activating group) is 1. The van der Waals surface area contributed by atoms with Gasteiger partial charge in [-0.25, -0.2) is 4.98 Å². The van der Waals surface area contributed by atoms with Gasteiger partial charge in [0.05, 0.1) is 20.8 Å². The quantitative estimate of drug-likeness (QED) is 0.737. The number of rotatable bonds is 8. The van der Waals surface area contributed by atoms with Gasteiger partial charge in [0.25, 0.3) is 5.91 Å². The summed E-state index contributed by atoms with van der Waals surface area (Å²) in [5.74, 6) is 1.62. The van der Waals surface area contributed by atoms with E-state index < -0.39 is 0 Å². The van der Waals surface area contributed by atoms with E-state index in [1.165, 1.54) is 0 Å². The van der Waals surface area contributed by atoms with E-state index >= 15 is 0 Å². The zero-order valence-electron chi connectivity index (χ0n) is 15.1. The largest absolute Gasteiger partial charge is 0.493 e. The zero-order valence-corrected chi connectivity index (χ0v) is 15.1. The van der Waals surface area contributed by atoms with Crippen LogP contribution in [0.4, 0.5) is 0 Å². The molecule has 134 valence electrons. The number of benzene rings is 1. The third kappa shape index (κ3) is 4.62. The average molecular weight is 344 g/mol. The lowest BCUT2D eigenvalue weighted by molar-refractivity contribution is 0.0791. The summed E-state index contributed by atoms with van der Waals surface area (Å²) in [4.78, 5) is 18.4. The molecule has 0 atom stereocenters. The van der Waals surface area contributed by atoms with Gasteiger partial charge in [0.2, 0.25) is 5.88 Å². The molecular formula is C19H24N2O4. The fourth-order valence-electron chi connectivity index (χ4n) is 2.45. The summed E-state index contributed by atoms with van der Waals surface area (Å²) >= 11 is 0. The summed E-state index contributed by atoms with van der Waals surface area (Å²) in [6.07, 6.45) is 2.32. The van der Waals surface area contributed by atoms with Gasteiger partial charge in [-0.3, -0.25) is 4.79 Å². The molecule has 2 rings (SSSR count). The molecule has 2 aromatic rings. The fraction of sp³-hybridized carbons (Fsp3) is 0.368. The normalized spacial score (nSPS) is 10.2. The van der Waals surface area contributed by atoms with Crippen molar-refractivity contribution < 1.29 is 19.0 Å². The van der Waals surface area contributed by atoms with Crippen molar-refractivity contribution in [2.75, 3.05) is 34.4 Å². The highest BCUT2D eigenvalue weighted by Gasteiger charge is 2.17. The number of aromatic nitrogens is 1. The van der Waals surface area contributed by atoms with E-state index in [9.17, 15) is 4.79 Å². The topological polar surface area (TPSA) is 60.9 Å². The molecule has 25 heavy (non-hydrogen) atoms. The van der Waals surface area contributed by atoms with E-state index in [-0.39, 0.29) is 5.91 Å². The van der Waals surface area contributed by atoms with Gasteiger partial charge in [-0.1, -0.05) is 6.07 Å². The minimum atomic E-state index is -0.114. The number of hydrogen-bond donors (Lipinski definition) is 0. The standard InChI is InChI=1S/C19H24N2O4/c1-5-25-18-15(7-6-11-20-18)19(22)21(2)12-10-14-8-9-16(23-3)17(13-14)24-4/h6-9,11,13H,5,10,12H2,1-4H3. The number of amides is 1. The molecule has 0 saturated heterocycles. The second kappa shape index (κ2) is 8.92. The molecule has 0 saturated carbocycles. The Balaban J connectivity index is 2.05. The van der Waals surface area contributed by atoms with Crippen LogP contribution < -0.4 is 14.2 Å². The Bertz CT molecular complexity index is 718. The maximum Gasteiger partial charge on any atom is 0.259 e. The molecule has 0 bridgehead atoms. The smallest absolute Gasteiger partial charge is 0.259 e. The Morgan fingerprint density at radius 2 is 1.92 bits per heavy atom.